The number of anilines is 1. The van der Waals surface area contributed by atoms with Crippen molar-refractivity contribution in [2.45, 2.75) is 6.42 Å². The van der Waals surface area contributed by atoms with E-state index in [1.54, 1.807) is 24.7 Å². The van der Waals surface area contributed by atoms with E-state index in [2.05, 4.69) is 29.6 Å². The van der Waals surface area contributed by atoms with Crippen molar-refractivity contribution in [2.75, 3.05) is 25.6 Å². The van der Waals surface area contributed by atoms with E-state index < -0.39 is 5.91 Å². The molecule has 0 bridgehead atoms. The van der Waals surface area contributed by atoms with Gasteiger partial charge in [-0.1, -0.05) is 72.8 Å². The van der Waals surface area contributed by atoms with Gasteiger partial charge >= 0.3 is 0 Å². The van der Waals surface area contributed by atoms with E-state index in [0.717, 1.165) is 61.0 Å². The second-order valence-electron chi connectivity index (χ2n) is 9.94. The molecule has 7 nitrogen and oxygen atoms in total. The SMILES string of the molecule is COc1cc2c(cc1NCC(=Cc1ccc(C(=O)NO)cc1)CCOc1cccc3ccccc13)oc1ccccc12. The van der Waals surface area contributed by atoms with Crippen molar-refractivity contribution in [3.63, 3.8) is 0 Å². The second-order valence-corrected chi connectivity index (χ2v) is 9.94. The second kappa shape index (κ2) is 12.1. The number of carbonyl (C=O) groups is 1. The van der Waals surface area contributed by atoms with Gasteiger partial charge in [0.05, 0.1) is 19.4 Å². The Morgan fingerprint density at radius 3 is 2.40 bits per heavy atom. The van der Waals surface area contributed by atoms with Crippen LogP contribution in [0.5, 0.6) is 11.5 Å². The van der Waals surface area contributed by atoms with Gasteiger partial charge in [0.1, 0.15) is 22.7 Å². The summed E-state index contributed by atoms with van der Waals surface area (Å²) in [6.45, 7) is 1.01. The zero-order valence-electron chi connectivity index (χ0n) is 23.1. The lowest BCUT2D eigenvalue weighted by atomic mass is 10.1. The molecule has 0 aliphatic rings. The molecule has 0 radical (unpaired) electrons. The molecule has 0 fully saturated rings. The molecule has 3 N–H and O–H groups in total. The van der Waals surface area contributed by atoms with Crippen LogP contribution in [0.4, 0.5) is 5.69 Å². The zero-order valence-corrected chi connectivity index (χ0v) is 23.1. The first-order valence-corrected chi connectivity index (χ1v) is 13.7. The number of hydrogen-bond donors (Lipinski definition) is 3. The molecule has 0 aliphatic carbocycles. The lowest BCUT2D eigenvalue weighted by Crippen LogP contribution is -2.18. The number of para-hydroxylation sites is 1. The number of ether oxygens (including phenoxy) is 2. The molecule has 1 heterocycles. The zero-order chi connectivity index (χ0) is 28.9. The molecule has 1 aromatic heterocycles. The molecule has 42 heavy (non-hydrogen) atoms. The van der Waals surface area contributed by atoms with Gasteiger partial charge in [0.15, 0.2) is 0 Å². The molecule has 0 unspecified atom stereocenters. The van der Waals surface area contributed by atoms with Gasteiger partial charge in [-0.3, -0.25) is 10.0 Å². The summed E-state index contributed by atoms with van der Waals surface area (Å²) < 4.78 is 18.1. The average Bonchev–Trinajstić information content (AvgIpc) is 3.40. The van der Waals surface area contributed by atoms with E-state index in [9.17, 15) is 4.79 Å². The number of methoxy groups -OCH3 is 1. The predicted octanol–water partition coefficient (Wildman–Crippen LogP) is 7.83. The number of benzene rings is 5. The number of hydrogen-bond acceptors (Lipinski definition) is 6. The summed E-state index contributed by atoms with van der Waals surface area (Å²) in [6, 6.07) is 33.2. The maximum atomic E-state index is 11.8. The van der Waals surface area contributed by atoms with Crippen molar-refractivity contribution < 1.29 is 23.9 Å². The summed E-state index contributed by atoms with van der Waals surface area (Å²) in [5.74, 6) is 1.01. The van der Waals surface area contributed by atoms with Crippen LogP contribution < -0.4 is 20.3 Å². The van der Waals surface area contributed by atoms with E-state index in [4.69, 9.17) is 19.1 Å². The van der Waals surface area contributed by atoms with Gasteiger partial charge in [-0.05, 0) is 46.9 Å². The molecule has 0 saturated carbocycles. The molecule has 5 aromatic carbocycles. The molecule has 6 aromatic rings. The van der Waals surface area contributed by atoms with Gasteiger partial charge in [-0.2, -0.15) is 0 Å². The summed E-state index contributed by atoms with van der Waals surface area (Å²) in [4.78, 5) is 11.8. The number of nitrogens with one attached hydrogen (secondary N) is 2. The van der Waals surface area contributed by atoms with E-state index in [0.29, 0.717) is 25.1 Å². The van der Waals surface area contributed by atoms with Crippen LogP contribution in [0.3, 0.4) is 0 Å². The molecule has 6 rings (SSSR count). The predicted molar refractivity (Wildman–Crippen MR) is 166 cm³/mol. The molecule has 0 spiro atoms. The molecular formula is C35H30N2O5. The van der Waals surface area contributed by atoms with Crippen LogP contribution in [0.25, 0.3) is 38.8 Å². The number of rotatable bonds is 10. The van der Waals surface area contributed by atoms with Crippen LogP contribution >= 0.6 is 0 Å². The van der Waals surface area contributed by atoms with Crippen molar-refractivity contribution in [3.05, 3.63) is 120 Å². The third-order valence-electron chi connectivity index (χ3n) is 7.28. The lowest BCUT2D eigenvalue weighted by molar-refractivity contribution is 0.0706. The maximum absolute atomic E-state index is 11.8. The molecule has 1 amide bonds. The molecule has 0 saturated heterocycles. The largest absolute Gasteiger partial charge is 0.495 e. The molecule has 7 heteroatoms. The number of hydroxylamine groups is 1. The molecule has 0 atom stereocenters. The van der Waals surface area contributed by atoms with Crippen molar-refractivity contribution in [3.8, 4) is 11.5 Å². The third kappa shape index (κ3) is 5.64. The fourth-order valence-corrected chi connectivity index (χ4v) is 5.12. The van der Waals surface area contributed by atoms with Crippen LogP contribution in [0, 0.1) is 0 Å². The first-order chi connectivity index (χ1) is 20.6. The highest BCUT2D eigenvalue weighted by atomic mass is 16.5. The van der Waals surface area contributed by atoms with Crippen LogP contribution in [0.1, 0.15) is 22.3 Å². The Morgan fingerprint density at radius 2 is 1.60 bits per heavy atom. The minimum Gasteiger partial charge on any atom is -0.495 e. The number of furan rings is 1. The highest BCUT2D eigenvalue weighted by Gasteiger charge is 2.13. The quantitative estimate of drug-likeness (QED) is 0.117. The normalized spacial score (nSPS) is 11.6. The molecule has 0 aliphatic heterocycles. The van der Waals surface area contributed by atoms with Crippen LogP contribution in [0.15, 0.2) is 113 Å². The standard InChI is InChI=1S/C35H30N2O5/c1-40-34-20-29-28-10-4-5-11-32(28)42-33(29)21-30(34)36-22-24(19-23-13-15-26(16-14-23)35(38)37-39)17-18-41-31-12-6-8-25-7-2-3-9-27(25)31/h2-16,19-21,36,39H,17-18,22H2,1H3,(H,37,38). The monoisotopic (exact) mass is 558 g/mol. The topological polar surface area (TPSA) is 93.0 Å². The van der Waals surface area contributed by atoms with Crippen molar-refractivity contribution >= 4 is 50.4 Å². The fourth-order valence-electron chi connectivity index (χ4n) is 5.12. The lowest BCUT2D eigenvalue weighted by Gasteiger charge is -2.15. The van der Waals surface area contributed by atoms with Gasteiger partial charge in [0, 0.05) is 40.8 Å². The van der Waals surface area contributed by atoms with Crippen molar-refractivity contribution in [1.29, 1.82) is 0 Å². The Morgan fingerprint density at radius 1 is 0.833 bits per heavy atom. The van der Waals surface area contributed by atoms with Gasteiger partial charge in [-0.15, -0.1) is 0 Å². The first-order valence-electron chi connectivity index (χ1n) is 13.7. The first kappa shape index (κ1) is 26.9. The Kier molecular flexibility index (Phi) is 7.74. The van der Waals surface area contributed by atoms with Gasteiger partial charge in [-0.25, -0.2) is 5.48 Å². The summed E-state index contributed by atoms with van der Waals surface area (Å²) >= 11 is 0. The molecule has 210 valence electrons. The van der Waals surface area contributed by atoms with Gasteiger partial charge in [0.25, 0.3) is 5.91 Å². The summed E-state index contributed by atoms with van der Waals surface area (Å²) in [6.07, 6.45) is 2.73. The maximum Gasteiger partial charge on any atom is 0.274 e. The number of amides is 1. The summed E-state index contributed by atoms with van der Waals surface area (Å²) in [7, 11) is 1.66. The highest BCUT2D eigenvalue weighted by Crippen LogP contribution is 2.36. The van der Waals surface area contributed by atoms with Gasteiger partial charge in [0.2, 0.25) is 0 Å². The van der Waals surface area contributed by atoms with Gasteiger partial charge < -0.3 is 19.2 Å². The van der Waals surface area contributed by atoms with E-state index >= 15 is 0 Å². The number of fused-ring (bicyclic) bond motifs is 4. The smallest absolute Gasteiger partial charge is 0.274 e. The van der Waals surface area contributed by atoms with E-state index in [1.807, 2.05) is 72.8 Å². The molecular weight excluding hydrogens is 528 g/mol. The van der Waals surface area contributed by atoms with Crippen LogP contribution in [-0.4, -0.2) is 31.4 Å². The number of carbonyl (C=O) groups excluding carboxylic acids is 1. The van der Waals surface area contributed by atoms with Crippen LogP contribution in [-0.2, 0) is 0 Å². The fraction of sp³-hybridized carbons (Fsp3) is 0.114. The Bertz CT molecular complexity index is 1900. The highest BCUT2D eigenvalue weighted by molar-refractivity contribution is 6.06. The van der Waals surface area contributed by atoms with Crippen molar-refractivity contribution in [2.24, 2.45) is 0 Å². The van der Waals surface area contributed by atoms with E-state index in [1.165, 1.54) is 0 Å². The Labute approximate surface area is 242 Å². The van der Waals surface area contributed by atoms with E-state index in [-0.39, 0.29) is 0 Å². The minimum absolute atomic E-state index is 0.373. The minimum atomic E-state index is -0.552. The third-order valence-corrected chi connectivity index (χ3v) is 7.28. The average molecular weight is 559 g/mol. The van der Waals surface area contributed by atoms with Crippen molar-refractivity contribution in [1.82, 2.24) is 5.48 Å². The Balaban J connectivity index is 1.25. The summed E-state index contributed by atoms with van der Waals surface area (Å²) in [5.41, 5.74) is 6.48. The summed E-state index contributed by atoms with van der Waals surface area (Å²) in [5, 5.41) is 16.7. The Hall–Kier alpha value is -5.27. The van der Waals surface area contributed by atoms with Crippen LogP contribution in [0.2, 0.25) is 0 Å².